The zero-order valence-electron chi connectivity index (χ0n) is 12.3. The molecule has 0 saturated heterocycles. The summed E-state index contributed by atoms with van der Waals surface area (Å²) in [7, 11) is 1.88. The van der Waals surface area contributed by atoms with Gasteiger partial charge in [-0.25, -0.2) is 0 Å². The number of halogens is 1. The van der Waals surface area contributed by atoms with E-state index in [2.05, 4.69) is 5.10 Å². The Labute approximate surface area is 129 Å². The highest BCUT2D eigenvalue weighted by molar-refractivity contribution is 6.31. The Bertz CT molecular complexity index is 667. The number of hydrogen-bond acceptors (Lipinski definition) is 3. The van der Waals surface area contributed by atoms with Crippen LogP contribution in [0.3, 0.4) is 0 Å². The maximum Gasteiger partial charge on any atom is 0.131 e. The van der Waals surface area contributed by atoms with Gasteiger partial charge in [-0.05, 0) is 42.5 Å². The van der Waals surface area contributed by atoms with Gasteiger partial charge in [-0.15, -0.1) is 0 Å². The summed E-state index contributed by atoms with van der Waals surface area (Å²) >= 11 is 6.31. The molecule has 0 unspecified atom stereocenters. The number of aliphatic hydroxyl groups excluding tert-OH is 1. The standard InChI is InChI=1S/C16H19ClN2O2/c1-3-13-16(17)14(19(2)18-13)9-21-11-5-6-12-10(8-11)4-7-15(12)20/h5-6,8,15,20H,3-4,7,9H2,1-2H3/t15-/m0/s1. The average Bonchev–Trinajstić information content (AvgIpc) is 2.98. The second-order valence-corrected chi connectivity index (χ2v) is 5.77. The molecule has 0 fully saturated rings. The first-order chi connectivity index (χ1) is 10.1. The first-order valence-corrected chi connectivity index (χ1v) is 7.62. The molecule has 1 N–H and O–H groups in total. The Balaban J connectivity index is 1.75. The lowest BCUT2D eigenvalue weighted by molar-refractivity contribution is 0.180. The molecule has 1 heterocycles. The zero-order chi connectivity index (χ0) is 15.0. The third-order valence-electron chi connectivity index (χ3n) is 4.04. The number of hydrogen-bond donors (Lipinski definition) is 1. The fourth-order valence-corrected chi connectivity index (χ4v) is 3.14. The summed E-state index contributed by atoms with van der Waals surface area (Å²) in [5.41, 5.74) is 3.98. The fourth-order valence-electron chi connectivity index (χ4n) is 2.79. The summed E-state index contributed by atoms with van der Waals surface area (Å²) in [6.45, 7) is 2.42. The van der Waals surface area contributed by atoms with E-state index in [1.54, 1.807) is 4.68 Å². The molecular weight excluding hydrogens is 288 g/mol. The maximum absolute atomic E-state index is 9.81. The Morgan fingerprint density at radius 1 is 1.48 bits per heavy atom. The van der Waals surface area contributed by atoms with Crippen molar-refractivity contribution in [2.45, 2.75) is 38.9 Å². The van der Waals surface area contributed by atoms with Crippen molar-refractivity contribution in [2.24, 2.45) is 7.05 Å². The number of aromatic nitrogens is 2. The largest absolute Gasteiger partial charge is 0.487 e. The van der Waals surface area contributed by atoms with Crippen LogP contribution in [0.2, 0.25) is 5.02 Å². The molecule has 3 rings (SSSR count). The Hall–Kier alpha value is -1.52. The minimum Gasteiger partial charge on any atom is -0.487 e. The lowest BCUT2D eigenvalue weighted by Gasteiger charge is -2.09. The zero-order valence-corrected chi connectivity index (χ0v) is 13.0. The summed E-state index contributed by atoms with van der Waals surface area (Å²) in [6, 6.07) is 5.86. The van der Waals surface area contributed by atoms with Crippen molar-refractivity contribution in [1.29, 1.82) is 0 Å². The van der Waals surface area contributed by atoms with E-state index in [-0.39, 0.29) is 6.10 Å². The smallest absolute Gasteiger partial charge is 0.131 e. The summed E-state index contributed by atoms with van der Waals surface area (Å²) in [4.78, 5) is 0. The quantitative estimate of drug-likeness (QED) is 0.943. The van der Waals surface area contributed by atoms with Crippen LogP contribution in [-0.4, -0.2) is 14.9 Å². The number of fused-ring (bicyclic) bond motifs is 1. The predicted octanol–water partition coefficient (Wildman–Crippen LogP) is 3.19. The third-order valence-corrected chi connectivity index (χ3v) is 4.48. The summed E-state index contributed by atoms with van der Waals surface area (Å²) in [5, 5.41) is 14.9. The molecule has 21 heavy (non-hydrogen) atoms. The van der Waals surface area contributed by atoms with Crippen LogP contribution in [0.5, 0.6) is 5.75 Å². The van der Waals surface area contributed by atoms with Gasteiger partial charge in [0, 0.05) is 7.05 Å². The third kappa shape index (κ3) is 2.65. The van der Waals surface area contributed by atoms with Gasteiger partial charge in [0.05, 0.1) is 22.5 Å². The van der Waals surface area contributed by atoms with E-state index in [1.165, 1.54) is 5.56 Å². The summed E-state index contributed by atoms with van der Waals surface area (Å²) in [6.07, 6.45) is 2.18. The van der Waals surface area contributed by atoms with E-state index in [1.807, 2.05) is 32.2 Å². The van der Waals surface area contributed by atoms with Crippen molar-refractivity contribution >= 4 is 11.6 Å². The molecule has 0 amide bonds. The van der Waals surface area contributed by atoms with Gasteiger partial charge < -0.3 is 9.84 Å². The maximum atomic E-state index is 9.81. The molecule has 0 spiro atoms. The normalized spacial score (nSPS) is 17.0. The SMILES string of the molecule is CCc1nn(C)c(COc2ccc3c(c2)CC[C@@H]3O)c1Cl. The topological polar surface area (TPSA) is 47.3 Å². The minimum atomic E-state index is -0.326. The van der Waals surface area contributed by atoms with E-state index in [0.29, 0.717) is 11.6 Å². The van der Waals surface area contributed by atoms with Gasteiger partial charge >= 0.3 is 0 Å². The lowest BCUT2D eigenvalue weighted by Crippen LogP contribution is -2.04. The van der Waals surface area contributed by atoms with E-state index in [0.717, 1.165) is 42.0 Å². The number of ether oxygens (including phenoxy) is 1. The molecule has 0 aliphatic heterocycles. The van der Waals surface area contributed by atoms with E-state index >= 15 is 0 Å². The van der Waals surface area contributed by atoms with E-state index in [4.69, 9.17) is 16.3 Å². The van der Waals surface area contributed by atoms with Crippen LogP contribution in [0.25, 0.3) is 0 Å². The lowest BCUT2D eigenvalue weighted by atomic mass is 10.1. The van der Waals surface area contributed by atoms with E-state index in [9.17, 15) is 5.11 Å². The van der Waals surface area contributed by atoms with Crippen LogP contribution in [0.1, 0.15) is 42.0 Å². The van der Waals surface area contributed by atoms with Gasteiger partial charge in [0.15, 0.2) is 0 Å². The highest BCUT2D eigenvalue weighted by Crippen LogP contribution is 2.33. The first kappa shape index (κ1) is 14.4. The number of benzene rings is 1. The highest BCUT2D eigenvalue weighted by atomic mass is 35.5. The number of rotatable bonds is 4. The van der Waals surface area contributed by atoms with Gasteiger partial charge in [-0.3, -0.25) is 4.68 Å². The Morgan fingerprint density at radius 2 is 2.29 bits per heavy atom. The van der Waals surface area contributed by atoms with Crippen molar-refractivity contribution in [3.8, 4) is 5.75 Å². The molecule has 5 heteroatoms. The Morgan fingerprint density at radius 3 is 3.00 bits per heavy atom. The van der Waals surface area contributed by atoms with Crippen molar-refractivity contribution in [2.75, 3.05) is 0 Å². The molecule has 0 saturated carbocycles. The second kappa shape index (κ2) is 5.70. The molecule has 0 bridgehead atoms. The summed E-state index contributed by atoms with van der Waals surface area (Å²) in [5.74, 6) is 0.804. The van der Waals surface area contributed by atoms with Crippen LogP contribution in [-0.2, 0) is 26.5 Å². The van der Waals surface area contributed by atoms with Crippen LogP contribution >= 0.6 is 11.6 Å². The number of aliphatic hydroxyl groups is 1. The van der Waals surface area contributed by atoms with Crippen LogP contribution < -0.4 is 4.74 Å². The van der Waals surface area contributed by atoms with Crippen LogP contribution in [0.15, 0.2) is 18.2 Å². The second-order valence-electron chi connectivity index (χ2n) is 5.39. The molecule has 1 aromatic heterocycles. The van der Waals surface area contributed by atoms with Crippen LogP contribution in [0.4, 0.5) is 0 Å². The summed E-state index contributed by atoms with van der Waals surface area (Å²) < 4.78 is 7.62. The van der Waals surface area contributed by atoms with Crippen molar-refractivity contribution in [3.05, 3.63) is 45.7 Å². The Kier molecular flexibility index (Phi) is 3.91. The average molecular weight is 307 g/mol. The molecular formula is C16H19ClN2O2. The van der Waals surface area contributed by atoms with Gasteiger partial charge in [0.25, 0.3) is 0 Å². The molecule has 112 valence electrons. The predicted molar refractivity (Wildman–Crippen MR) is 81.7 cm³/mol. The van der Waals surface area contributed by atoms with Gasteiger partial charge in [-0.1, -0.05) is 24.6 Å². The highest BCUT2D eigenvalue weighted by Gasteiger charge is 2.20. The molecule has 2 aromatic rings. The van der Waals surface area contributed by atoms with Gasteiger partial charge in [0.1, 0.15) is 12.4 Å². The van der Waals surface area contributed by atoms with Gasteiger partial charge in [0.2, 0.25) is 0 Å². The van der Waals surface area contributed by atoms with Gasteiger partial charge in [-0.2, -0.15) is 5.10 Å². The fraction of sp³-hybridized carbons (Fsp3) is 0.438. The number of nitrogens with zero attached hydrogens (tertiary/aromatic N) is 2. The minimum absolute atomic E-state index is 0.326. The van der Waals surface area contributed by atoms with Crippen LogP contribution in [0, 0.1) is 0 Å². The van der Waals surface area contributed by atoms with Crippen molar-refractivity contribution in [3.63, 3.8) is 0 Å². The molecule has 1 atom stereocenters. The van der Waals surface area contributed by atoms with Crippen molar-refractivity contribution < 1.29 is 9.84 Å². The molecule has 1 aromatic carbocycles. The van der Waals surface area contributed by atoms with E-state index < -0.39 is 0 Å². The molecule has 4 nitrogen and oxygen atoms in total. The monoisotopic (exact) mass is 306 g/mol. The first-order valence-electron chi connectivity index (χ1n) is 7.24. The molecule has 1 aliphatic carbocycles. The van der Waals surface area contributed by atoms with Crippen molar-refractivity contribution in [1.82, 2.24) is 9.78 Å². The number of aryl methyl sites for hydroxylation is 3. The molecule has 1 aliphatic rings. The molecule has 0 radical (unpaired) electrons.